The highest BCUT2D eigenvalue weighted by Crippen LogP contribution is 2.23. The third-order valence-electron chi connectivity index (χ3n) is 3.62. The average molecular weight is 310 g/mol. The lowest BCUT2D eigenvalue weighted by Crippen LogP contribution is -2.36. The number of hydrogen-bond acceptors (Lipinski definition) is 4. The van der Waals surface area contributed by atoms with E-state index >= 15 is 0 Å². The van der Waals surface area contributed by atoms with Gasteiger partial charge in [0.25, 0.3) is 0 Å². The Kier molecular flexibility index (Phi) is 3.69. The van der Waals surface area contributed by atoms with E-state index in [-0.39, 0.29) is 6.03 Å². The predicted octanol–water partition coefficient (Wildman–Crippen LogP) is 2.22. The maximum Gasteiger partial charge on any atom is 0.323 e. The Morgan fingerprint density at radius 1 is 1.09 bits per heavy atom. The minimum Gasteiger partial charge on any atom is -0.330 e. The van der Waals surface area contributed by atoms with E-state index in [0.717, 1.165) is 22.8 Å². The number of aryl methyl sites for hydroxylation is 1. The summed E-state index contributed by atoms with van der Waals surface area (Å²) in [6.07, 6.45) is 0. The summed E-state index contributed by atoms with van der Waals surface area (Å²) in [5, 5.41) is 12.6. The first-order chi connectivity index (χ1) is 11.0. The number of aromatic nitrogens is 4. The molecule has 2 heterocycles. The summed E-state index contributed by atoms with van der Waals surface area (Å²) in [7, 11) is 5.21. The van der Waals surface area contributed by atoms with E-state index in [4.69, 9.17) is 0 Å². The van der Waals surface area contributed by atoms with Crippen molar-refractivity contribution >= 4 is 17.4 Å². The Morgan fingerprint density at radius 2 is 1.87 bits per heavy atom. The average Bonchev–Trinajstić information content (AvgIpc) is 2.94. The highest BCUT2D eigenvalue weighted by atomic mass is 16.2. The number of nitrogens with zero attached hydrogens (tertiary/aromatic N) is 6. The number of fused-ring (bicyclic) bond motifs is 1. The molecule has 0 unspecified atom stereocenters. The lowest BCUT2D eigenvalue weighted by Gasteiger charge is -2.22. The summed E-state index contributed by atoms with van der Waals surface area (Å²) in [6, 6.07) is 11.4. The van der Waals surface area contributed by atoms with Crippen molar-refractivity contribution in [3.8, 4) is 11.3 Å². The monoisotopic (exact) mass is 310 g/mol. The van der Waals surface area contributed by atoms with E-state index in [1.54, 1.807) is 30.6 Å². The third-order valence-corrected chi connectivity index (χ3v) is 3.62. The van der Waals surface area contributed by atoms with Crippen LogP contribution in [0.1, 0.15) is 5.82 Å². The minimum absolute atomic E-state index is 0.0831. The van der Waals surface area contributed by atoms with E-state index in [1.807, 2.05) is 43.3 Å². The highest BCUT2D eigenvalue weighted by molar-refractivity contribution is 5.91. The Hall–Kier alpha value is -2.96. The van der Waals surface area contributed by atoms with Crippen LogP contribution in [0.4, 0.5) is 10.5 Å². The molecule has 0 aliphatic carbocycles. The fourth-order valence-electron chi connectivity index (χ4n) is 2.33. The zero-order valence-electron chi connectivity index (χ0n) is 13.6. The van der Waals surface area contributed by atoms with E-state index < -0.39 is 0 Å². The molecule has 0 saturated carbocycles. The predicted molar refractivity (Wildman–Crippen MR) is 88.4 cm³/mol. The van der Waals surface area contributed by atoms with Crippen LogP contribution in [0.25, 0.3) is 16.9 Å². The molecular formula is C16H18N6O. The first kappa shape index (κ1) is 15.0. The molecule has 0 spiro atoms. The zero-order valence-corrected chi connectivity index (χ0v) is 13.6. The van der Waals surface area contributed by atoms with Crippen LogP contribution in [0.5, 0.6) is 0 Å². The second-order valence-corrected chi connectivity index (χ2v) is 5.52. The highest BCUT2D eigenvalue weighted by Gasteiger charge is 2.14. The van der Waals surface area contributed by atoms with Gasteiger partial charge in [-0.05, 0) is 31.2 Å². The topological polar surface area (TPSA) is 66.6 Å². The van der Waals surface area contributed by atoms with Gasteiger partial charge >= 0.3 is 6.03 Å². The number of hydrogen-bond donors (Lipinski definition) is 0. The summed E-state index contributed by atoms with van der Waals surface area (Å²) >= 11 is 0. The van der Waals surface area contributed by atoms with E-state index in [1.165, 1.54) is 4.90 Å². The number of carbonyl (C=O) groups excluding carboxylic acids is 1. The summed E-state index contributed by atoms with van der Waals surface area (Å²) < 4.78 is 1.71. The van der Waals surface area contributed by atoms with Gasteiger partial charge in [-0.3, -0.25) is 4.90 Å². The molecule has 0 bridgehead atoms. The zero-order chi connectivity index (χ0) is 16.6. The van der Waals surface area contributed by atoms with Crippen LogP contribution in [0, 0.1) is 6.92 Å². The smallest absolute Gasteiger partial charge is 0.323 e. The van der Waals surface area contributed by atoms with Crippen molar-refractivity contribution in [2.45, 2.75) is 6.92 Å². The largest absolute Gasteiger partial charge is 0.330 e. The standard InChI is InChI=1S/C16H18N6O/c1-11-17-18-15-9-8-14(19-22(11)15)12-6-5-7-13(10-12)21(4)16(23)20(2)3/h5-10H,1-4H3. The molecule has 2 amide bonds. The molecule has 0 saturated heterocycles. The Balaban J connectivity index is 2.01. The molecule has 3 aromatic rings. The number of urea groups is 1. The molecule has 3 rings (SSSR count). The van der Waals surface area contributed by atoms with Gasteiger partial charge in [-0.15, -0.1) is 10.2 Å². The molecular weight excluding hydrogens is 292 g/mol. The molecule has 23 heavy (non-hydrogen) atoms. The van der Waals surface area contributed by atoms with Gasteiger partial charge in [0.2, 0.25) is 0 Å². The van der Waals surface area contributed by atoms with Crippen molar-refractivity contribution in [3.05, 3.63) is 42.2 Å². The van der Waals surface area contributed by atoms with Gasteiger partial charge in [0.05, 0.1) is 5.69 Å². The van der Waals surface area contributed by atoms with Crippen LogP contribution in [0.3, 0.4) is 0 Å². The normalized spacial score (nSPS) is 10.8. The van der Waals surface area contributed by atoms with Gasteiger partial charge < -0.3 is 4.90 Å². The molecule has 0 aliphatic rings. The Morgan fingerprint density at radius 3 is 2.61 bits per heavy atom. The van der Waals surface area contributed by atoms with Gasteiger partial charge in [0, 0.05) is 32.4 Å². The van der Waals surface area contributed by atoms with E-state index in [0.29, 0.717) is 5.65 Å². The second-order valence-electron chi connectivity index (χ2n) is 5.52. The Bertz CT molecular complexity index is 870. The molecule has 0 fully saturated rings. The number of benzene rings is 1. The van der Waals surface area contributed by atoms with Crippen molar-refractivity contribution in [2.24, 2.45) is 0 Å². The molecule has 7 nitrogen and oxygen atoms in total. The number of rotatable bonds is 2. The summed E-state index contributed by atoms with van der Waals surface area (Å²) in [6.45, 7) is 1.86. The van der Waals surface area contributed by atoms with Gasteiger partial charge in [-0.25, -0.2) is 4.79 Å². The van der Waals surface area contributed by atoms with Crippen molar-refractivity contribution in [2.75, 3.05) is 26.0 Å². The van der Waals surface area contributed by atoms with E-state index in [9.17, 15) is 4.79 Å². The molecule has 0 radical (unpaired) electrons. The maximum absolute atomic E-state index is 12.1. The molecule has 0 aliphatic heterocycles. The third kappa shape index (κ3) is 2.73. The van der Waals surface area contributed by atoms with Crippen LogP contribution in [-0.4, -0.2) is 51.9 Å². The van der Waals surface area contributed by atoms with Gasteiger partial charge in [0.1, 0.15) is 0 Å². The molecule has 0 atom stereocenters. The lowest BCUT2D eigenvalue weighted by atomic mass is 10.1. The van der Waals surface area contributed by atoms with Crippen LogP contribution in [0.15, 0.2) is 36.4 Å². The summed E-state index contributed by atoms with van der Waals surface area (Å²) in [5.74, 6) is 0.734. The first-order valence-electron chi connectivity index (χ1n) is 7.22. The molecule has 7 heteroatoms. The fraction of sp³-hybridized carbons (Fsp3) is 0.250. The lowest BCUT2D eigenvalue weighted by molar-refractivity contribution is 0.225. The molecule has 2 aromatic heterocycles. The van der Waals surface area contributed by atoms with Gasteiger partial charge in [-0.2, -0.15) is 9.61 Å². The molecule has 1 aromatic carbocycles. The number of amides is 2. The van der Waals surface area contributed by atoms with Crippen LogP contribution in [-0.2, 0) is 0 Å². The number of carbonyl (C=O) groups is 1. The molecule has 0 N–H and O–H groups in total. The fourth-order valence-corrected chi connectivity index (χ4v) is 2.33. The summed E-state index contributed by atoms with van der Waals surface area (Å²) in [4.78, 5) is 15.2. The van der Waals surface area contributed by atoms with Crippen molar-refractivity contribution in [1.82, 2.24) is 24.7 Å². The Labute approximate surface area is 134 Å². The number of anilines is 1. The summed E-state index contributed by atoms with van der Waals surface area (Å²) in [5.41, 5.74) is 3.25. The second kappa shape index (κ2) is 5.68. The maximum atomic E-state index is 12.1. The van der Waals surface area contributed by atoms with Crippen LogP contribution in [0.2, 0.25) is 0 Å². The van der Waals surface area contributed by atoms with E-state index in [2.05, 4.69) is 15.3 Å². The van der Waals surface area contributed by atoms with Crippen molar-refractivity contribution in [1.29, 1.82) is 0 Å². The van der Waals surface area contributed by atoms with Crippen molar-refractivity contribution in [3.63, 3.8) is 0 Å². The van der Waals surface area contributed by atoms with Gasteiger partial charge in [-0.1, -0.05) is 12.1 Å². The SMILES string of the molecule is Cc1nnc2ccc(-c3cccc(N(C)C(=O)N(C)C)c3)nn12. The van der Waals surface area contributed by atoms with Gasteiger partial charge in [0.15, 0.2) is 11.5 Å². The van der Waals surface area contributed by atoms with Crippen LogP contribution >= 0.6 is 0 Å². The quantitative estimate of drug-likeness (QED) is 0.728. The molecule has 118 valence electrons. The minimum atomic E-state index is -0.0831. The first-order valence-corrected chi connectivity index (χ1v) is 7.22. The van der Waals surface area contributed by atoms with Crippen molar-refractivity contribution < 1.29 is 4.79 Å². The van der Waals surface area contributed by atoms with Crippen LogP contribution < -0.4 is 4.90 Å².